The predicted molar refractivity (Wildman–Crippen MR) is 83.7 cm³/mol. The highest BCUT2D eigenvalue weighted by atomic mass is 32.2. The second kappa shape index (κ2) is 7.56. The standard InChI is InChI=1S/C15H24N2O3S/c1-11(2)5-6-12(3)17-15(18)13-7-9-14(10-8-13)21(19,20)16-4/h7-12,16H,5-6H2,1-4H3,(H,17,18). The first kappa shape index (κ1) is 17.7. The molecule has 0 aliphatic heterocycles. The predicted octanol–water partition coefficient (Wildman–Crippen LogP) is 2.15. The van der Waals surface area contributed by atoms with Gasteiger partial charge in [-0.1, -0.05) is 13.8 Å². The van der Waals surface area contributed by atoms with Crippen LogP contribution >= 0.6 is 0 Å². The van der Waals surface area contributed by atoms with E-state index >= 15 is 0 Å². The quantitative estimate of drug-likeness (QED) is 0.810. The molecule has 0 aromatic heterocycles. The van der Waals surface area contributed by atoms with Crippen LogP contribution in [0, 0.1) is 5.92 Å². The second-order valence-corrected chi connectivity index (χ2v) is 7.46. The van der Waals surface area contributed by atoms with E-state index in [-0.39, 0.29) is 16.8 Å². The van der Waals surface area contributed by atoms with Crippen LogP contribution in [-0.4, -0.2) is 27.4 Å². The highest BCUT2D eigenvalue weighted by Gasteiger charge is 2.14. The molecular formula is C15H24N2O3S. The van der Waals surface area contributed by atoms with Crippen LogP contribution < -0.4 is 10.0 Å². The number of rotatable bonds is 7. The van der Waals surface area contributed by atoms with Crippen molar-refractivity contribution in [3.8, 4) is 0 Å². The number of carbonyl (C=O) groups excluding carboxylic acids is 1. The van der Waals surface area contributed by atoms with Crippen molar-refractivity contribution in [1.82, 2.24) is 10.0 Å². The molecule has 0 aliphatic rings. The Balaban J connectivity index is 2.68. The van der Waals surface area contributed by atoms with Gasteiger partial charge in [0.1, 0.15) is 0 Å². The summed E-state index contributed by atoms with van der Waals surface area (Å²) in [7, 11) is -2.11. The van der Waals surface area contributed by atoms with Crippen LogP contribution in [0.5, 0.6) is 0 Å². The Morgan fingerprint density at radius 1 is 1.10 bits per heavy atom. The van der Waals surface area contributed by atoms with E-state index in [4.69, 9.17) is 0 Å². The van der Waals surface area contributed by atoms with Crippen molar-refractivity contribution in [2.24, 2.45) is 5.92 Å². The molecule has 0 fully saturated rings. The van der Waals surface area contributed by atoms with Crippen LogP contribution in [0.4, 0.5) is 0 Å². The maximum absolute atomic E-state index is 12.1. The van der Waals surface area contributed by atoms with Gasteiger partial charge < -0.3 is 5.32 Å². The summed E-state index contributed by atoms with van der Waals surface area (Å²) >= 11 is 0. The Morgan fingerprint density at radius 3 is 2.14 bits per heavy atom. The Labute approximate surface area is 127 Å². The van der Waals surface area contributed by atoms with Crippen molar-refractivity contribution in [2.45, 2.75) is 44.6 Å². The molecule has 0 spiro atoms. The zero-order valence-corrected chi connectivity index (χ0v) is 13.8. The molecule has 0 heterocycles. The fraction of sp³-hybridized carbons (Fsp3) is 0.533. The number of benzene rings is 1. The summed E-state index contributed by atoms with van der Waals surface area (Å²) in [5, 5.41) is 2.92. The average molecular weight is 312 g/mol. The largest absolute Gasteiger partial charge is 0.350 e. The fourth-order valence-corrected chi connectivity index (χ4v) is 2.60. The van der Waals surface area contributed by atoms with Gasteiger partial charge in [0.05, 0.1) is 4.90 Å². The molecule has 2 N–H and O–H groups in total. The van der Waals surface area contributed by atoms with E-state index in [1.54, 1.807) is 0 Å². The molecule has 1 unspecified atom stereocenters. The highest BCUT2D eigenvalue weighted by Crippen LogP contribution is 2.11. The zero-order valence-electron chi connectivity index (χ0n) is 13.0. The van der Waals surface area contributed by atoms with Crippen LogP contribution in [0.3, 0.4) is 0 Å². The van der Waals surface area contributed by atoms with Gasteiger partial charge in [-0.15, -0.1) is 0 Å². The van der Waals surface area contributed by atoms with Gasteiger partial charge >= 0.3 is 0 Å². The van der Waals surface area contributed by atoms with Gasteiger partial charge in [0.25, 0.3) is 5.91 Å². The summed E-state index contributed by atoms with van der Waals surface area (Å²) in [6, 6.07) is 6.00. The third-order valence-electron chi connectivity index (χ3n) is 3.25. The fourth-order valence-electron chi connectivity index (χ4n) is 1.87. The normalized spacial score (nSPS) is 13.2. The maximum atomic E-state index is 12.1. The Bertz CT molecular complexity index is 565. The number of hydrogen-bond acceptors (Lipinski definition) is 3. The van der Waals surface area contributed by atoms with Gasteiger partial charge in [-0.25, -0.2) is 13.1 Å². The minimum Gasteiger partial charge on any atom is -0.350 e. The van der Waals surface area contributed by atoms with Crippen molar-refractivity contribution in [1.29, 1.82) is 0 Å². The molecule has 1 atom stereocenters. The molecular weight excluding hydrogens is 288 g/mol. The van der Waals surface area contributed by atoms with Crippen molar-refractivity contribution in [3.63, 3.8) is 0 Å². The minimum atomic E-state index is -3.46. The summed E-state index contributed by atoms with van der Waals surface area (Å²) in [5.41, 5.74) is 0.460. The molecule has 0 saturated heterocycles. The van der Waals surface area contributed by atoms with E-state index in [2.05, 4.69) is 23.9 Å². The third-order valence-corrected chi connectivity index (χ3v) is 4.68. The van der Waals surface area contributed by atoms with E-state index in [0.717, 1.165) is 12.8 Å². The first-order valence-corrected chi connectivity index (χ1v) is 8.59. The monoisotopic (exact) mass is 312 g/mol. The minimum absolute atomic E-state index is 0.0978. The lowest BCUT2D eigenvalue weighted by molar-refractivity contribution is 0.0937. The number of nitrogens with one attached hydrogen (secondary N) is 2. The van der Waals surface area contributed by atoms with Crippen LogP contribution in [0.1, 0.15) is 44.0 Å². The van der Waals surface area contributed by atoms with Gasteiger partial charge in [-0.3, -0.25) is 4.79 Å². The second-order valence-electron chi connectivity index (χ2n) is 5.58. The molecule has 118 valence electrons. The summed E-state index contributed by atoms with van der Waals surface area (Å²) in [5.74, 6) is 0.426. The summed E-state index contributed by atoms with van der Waals surface area (Å²) in [6.07, 6.45) is 1.98. The van der Waals surface area contributed by atoms with Gasteiger partial charge in [0.15, 0.2) is 0 Å². The van der Waals surface area contributed by atoms with E-state index in [1.807, 2.05) is 6.92 Å². The summed E-state index contributed by atoms with van der Waals surface area (Å²) in [4.78, 5) is 12.2. The van der Waals surface area contributed by atoms with E-state index in [0.29, 0.717) is 11.5 Å². The molecule has 0 bridgehead atoms. The van der Waals surface area contributed by atoms with Gasteiger partial charge in [0, 0.05) is 11.6 Å². The molecule has 1 aromatic rings. The highest BCUT2D eigenvalue weighted by molar-refractivity contribution is 7.89. The third kappa shape index (κ3) is 5.47. The van der Waals surface area contributed by atoms with Crippen LogP contribution in [0.15, 0.2) is 29.2 Å². The molecule has 1 aromatic carbocycles. The van der Waals surface area contributed by atoms with E-state index in [1.165, 1.54) is 31.3 Å². The number of amides is 1. The summed E-state index contributed by atoms with van der Waals surface area (Å²) in [6.45, 7) is 6.27. The lowest BCUT2D eigenvalue weighted by Crippen LogP contribution is -2.32. The maximum Gasteiger partial charge on any atom is 0.251 e. The number of sulfonamides is 1. The van der Waals surface area contributed by atoms with Crippen LogP contribution in [0.2, 0.25) is 0 Å². The van der Waals surface area contributed by atoms with Gasteiger partial charge in [0.2, 0.25) is 10.0 Å². The first-order chi connectivity index (χ1) is 9.76. The van der Waals surface area contributed by atoms with Crippen molar-refractivity contribution in [2.75, 3.05) is 7.05 Å². The Hall–Kier alpha value is -1.40. The lowest BCUT2D eigenvalue weighted by atomic mass is 10.0. The average Bonchev–Trinajstić information content (AvgIpc) is 2.45. The van der Waals surface area contributed by atoms with Gasteiger partial charge in [-0.05, 0) is 57.0 Å². The smallest absolute Gasteiger partial charge is 0.251 e. The molecule has 6 heteroatoms. The van der Waals surface area contributed by atoms with E-state index in [9.17, 15) is 13.2 Å². The Morgan fingerprint density at radius 2 is 1.67 bits per heavy atom. The molecule has 5 nitrogen and oxygen atoms in total. The van der Waals surface area contributed by atoms with Crippen LogP contribution in [-0.2, 0) is 10.0 Å². The molecule has 0 aliphatic carbocycles. The lowest BCUT2D eigenvalue weighted by Gasteiger charge is -2.15. The zero-order chi connectivity index (χ0) is 16.0. The molecule has 1 rings (SSSR count). The summed E-state index contributed by atoms with van der Waals surface area (Å²) < 4.78 is 25.4. The van der Waals surface area contributed by atoms with E-state index < -0.39 is 10.0 Å². The topological polar surface area (TPSA) is 75.3 Å². The first-order valence-electron chi connectivity index (χ1n) is 7.10. The van der Waals surface area contributed by atoms with Gasteiger partial charge in [-0.2, -0.15) is 0 Å². The Kier molecular flexibility index (Phi) is 6.36. The molecule has 1 amide bonds. The van der Waals surface area contributed by atoms with Crippen molar-refractivity contribution >= 4 is 15.9 Å². The molecule has 21 heavy (non-hydrogen) atoms. The molecule has 0 radical (unpaired) electrons. The number of carbonyl (C=O) groups is 1. The molecule has 0 saturated carbocycles. The SMILES string of the molecule is CNS(=O)(=O)c1ccc(C(=O)NC(C)CCC(C)C)cc1. The van der Waals surface area contributed by atoms with Crippen molar-refractivity contribution < 1.29 is 13.2 Å². The van der Waals surface area contributed by atoms with Crippen LogP contribution in [0.25, 0.3) is 0 Å². The van der Waals surface area contributed by atoms with Crippen molar-refractivity contribution in [3.05, 3.63) is 29.8 Å². The number of hydrogen-bond donors (Lipinski definition) is 2.